The smallest absolute Gasteiger partial charge is 0.298 e. The fraction of sp³-hybridized carbons (Fsp3) is 0.0588. The third-order valence-electron chi connectivity index (χ3n) is 3.24. The van der Waals surface area contributed by atoms with Gasteiger partial charge in [0, 0.05) is 25.0 Å². The van der Waals surface area contributed by atoms with Crippen molar-refractivity contribution in [1.29, 1.82) is 0 Å². The molecule has 1 aromatic carbocycles. The van der Waals surface area contributed by atoms with Crippen LogP contribution in [0.25, 0.3) is 6.08 Å². The van der Waals surface area contributed by atoms with Crippen molar-refractivity contribution in [1.82, 2.24) is 4.98 Å². The zero-order valence-electron chi connectivity index (χ0n) is 12.7. The highest BCUT2D eigenvalue weighted by molar-refractivity contribution is 8.19. The Morgan fingerprint density at radius 1 is 1.12 bits per heavy atom. The van der Waals surface area contributed by atoms with Crippen LogP contribution in [0.4, 0.5) is 16.2 Å². The van der Waals surface area contributed by atoms with E-state index in [0.29, 0.717) is 16.3 Å². The Balaban J connectivity index is 1.84. The highest BCUT2D eigenvalue weighted by Crippen LogP contribution is 2.35. The molecule has 7 heteroatoms. The van der Waals surface area contributed by atoms with Crippen LogP contribution in [-0.4, -0.2) is 22.0 Å². The van der Waals surface area contributed by atoms with E-state index in [9.17, 15) is 14.4 Å². The van der Waals surface area contributed by atoms with Gasteiger partial charge in [-0.3, -0.25) is 19.4 Å². The second-order valence-corrected chi connectivity index (χ2v) is 6.02. The number of carbonyl (C=O) groups is 3. The number of benzene rings is 1. The minimum absolute atomic E-state index is 0.186. The summed E-state index contributed by atoms with van der Waals surface area (Å²) in [5, 5.41) is 2.28. The Hall–Kier alpha value is -2.93. The summed E-state index contributed by atoms with van der Waals surface area (Å²) in [5.41, 5.74) is 1.87. The van der Waals surface area contributed by atoms with Gasteiger partial charge in [0.1, 0.15) is 0 Å². The van der Waals surface area contributed by atoms with Crippen LogP contribution < -0.4 is 10.2 Å². The maximum Gasteiger partial charge on any atom is 0.298 e. The summed E-state index contributed by atoms with van der Waals surface area (Å²) in [6.07, 6.45) is 4.91. The summed E-state index contributed by atoms with van der Waals surface area (Å²) in [5.74, 6) is -0.553. The van der Waals surface area contributed by atoms with E-state index in [2.05, 4.69) is 10.3 Å². The number of hydrogen-bond acceptors (Lipinski definition) is 5. The highest BCUT2D eigenvalue weighted by Gasteiger charge is 2.36. The molecule has 0 radical (unpaired) electrons. The lowest BCUT2D eigenvalue weighted by molar-refractivity contribution is -0.114. The van der Waals surface area contributed by atoms with Crippen LogP contribution in [0.15, 0.2) is 53.7 Å². The summed E-state index contributed by atoms with van der Waals surface area (Å²) < 4.78 is 0. The second-order valence-electron chi connectivity index (χ2n) is 5.03. The first-order valence-electron chi connectivity index (χ1n) is 7.10. The summed E-state index contributed by atoms with van der Waals surface area (Å²) in [7, 11) is 0. The summed E-state index contributed by atoms with van der Waals surface area (Å²) in [4.78, 5) is 41.1. The number of anilines is 2. The first-order valence-corrected chi connectivity index (χ1v) is 7.92. The van der Waals surface area contributed by atoms with Crippen molar-refractivity contribution < 1.29 is 14.4 Å². The van der Waals surface area contributed by atoms with Crippen molar-refractivity contribution in [3.63, 3.8) is 0 Å². The Kier molecular flexibility index (Phi) is 4.43. The van der Waals surface area contributed by atoms with Gasteiger partial charge in [0.15, 0.2) is 0 Å². The molecule has 0 aliphatic carbocycles. The van der Waals surface area contributed by atoms with E-state index >= 15 is 0 Å². The Labute approximate surface area is 142 Å². The third-order valence-corrected chi connectivity index (χ3v) is 4.11. The minimum Gasteiger partial charge on any atom is -0.326 e. The van der Waals surface area contributed by atoms with Crippen molar-refractivity contribution in [2.45, 2.75) is 6.92 Å². The van der Waals surface area contributed by atoms with E-state index in [1.807, 2.05) is 0 Å². The lowest BCUT2D eigenvalue weighted by Crippen LogP contribution is -2.27. The number of nitrogens with one attached hydrogen (secondary N) is 1. The van der Waals surface area contributed by atoms with Crippen LogP contribution >= 0.6 is 11.8 Å². The lowest BCUT2D eigenvalue weighted by atomic mass is 10.2. The van der Waals surface area contributed by atoms with Crippen LogP contribution in [0.3, 0.4) is 0 Å². The quantitative estimate of drug-likeness (QED) is 0.868. The van der Waals surface area contributed by atoms with Gasteiger partial charge in [-0.2, -0.15) is 0 Å². The maximum absolute atomic E-state index is 12.5. The standard InChI is InChI=1S/C17H13N3O3S/c1-11(21)19-13-2-4-14(5-3-13)20-16(22)15(24-17(20)23)10-12-6-8-18-9-7-12/h2-10H,1H3,(H,19,21)/b15-10-. The van der Waals surface area contributed by atoms with E-state index in [-0.39, 0.29) is 17.1 Å². The molecule has 3 rings (SSSR count). The molecule has 1 aliphatic rings. The Morgan fingerprint density at radius 3 is 2.42 bits per heavy atom. The van der Waals surface area contributed by atoms with Gasteiger partial charge in [-0.25, -0.2) is 4.90 Å². The lowest BCUT2D eigenvalue weighted by Gasteiger charge is -2.13. The number of amides is 3. The van der Waals surface area contributed by atoms with Crippen LogP contribution in [0.2, 0.25) is 0 Å². The van der Waals surface area contributed by atoms with Gasteiger partial charge < -0.3 is 5.32 Å². The van der Waals surface area contributed by atoms with Crippen LogP contribution in [0.5, 0.6) is 0 Å². The van der Waals surface area contributed by atoms with Gasteiger partial charge in [-0.15, -0.1) is 0 Å². The Morgan fingerprint density at radius 2 is 1.79 bits per heavy atom. The topological polar surface area (TPSA) is 79.4 Å². The van der Waals surface area contributed by atoms with Crippen LogP contribution in [-0.2, 0) is 9.59 Å². The number of aromatic nitrogens is 1. The fourth-order valence-corrected chi connectivity index (χ4v) is 3.04. The number of nitrogens with zero attached hydrogens (tertiary/aromatic N) is 2. The molecule has 0 bridgehead atoms. The molecule has 0 unspecified atom stereocenters. The highest BCUT2D eigenvalue weighted by atomic mass is 32.2. The summed E-state index contributed by atoms with van der Waals surface area (Å²) in [6.45, 7) is 1.41. The fourth-order valence-electron chi connectivity index (χ4n) is 2.20. The minimum atomic E-state index is -0.367. The molecule has 1 aromatic heterocycles. The van der Waals surface area contributed by atoms with Crippen molar-refractivity contribution >= 4 is 46.3 Å². The van der Waals surface area contributed by atoms with Crippen molar-refractivity contribution in [3.8, 4) is 0 Å². The number of imide groups is 1. The summed E-state index contributed by atoms with van der Waals surface area (Å²) >= 11 is 0.895. The molecule has 1 fully saturated rings. The van der Waals surface area contributed by atoms with Crippen molar-refractivity contribution in [2.24, 2.45) is 0 Å². The third kappa shape index (κ3) is 3.36. The zero-order valence-corrected chi connectivity index (χ0v) is 13.5. The number of carbonyl (C=O) groups excluding carboxylic acids is 3. The molecule has 6 nitrogen and oxygen atoms in total. The normalized spacial score (nSPS) is 15.9. The van der Waals surface area contributed by atoms with E-state index in [0.717, 1.165) is 22.2 Å². The molecule has 1 aliphatic heterocycles. The molecule has 120 valence electrons. The zero-order chi connectivity index (χ0) is 17.1. The van der Waals surface area contributed by atoms with E-state index < -0.39 is 0 Å². The van der Waals surface area contributed by atoms with Gasteiger partial charge in [0.25, 0.3) is 11.1 Å². The second kappa shape index (κ2) is 6.67. The van der Waals surface area contributed by atoms with E-state index in [4.69, 9.17) is 0 Å². The van der Waals surface area contributed by atoms with Crippen LogP contribution in [0.1, 0.15) is 12.5 Å². The molecule has 0 atom stereocenters. The molecule has 0 spiro atoms. The molecule has 0 saturated carbocycles. The summed E-state index contributed by atoms with van der Waals surface area (Å²) in [6, 6.07) is 10.1. The molecule has 24 heavy (non-hydrogen) atoms. The number of hydrogen-bond donors (Lipinski definition) is 1. The van der Waals surface area contributed by atoms with Crippen molar-refractivity contribution in [3.05, 3.63) is 59.3 Å². The average Bonchev–Trinajstić information content (AvgIpc) is 2.83. The molecule has 1 saturated heterocycles. The average molecular weight is 339 g/mol. The van der Waals surface area contributed by atoms with Crippen LogP contribution in [0, 0.1) is 0 Å². The first-order chi connectivity index (χ1) is 11.5. The largest absolute Gasteiger partial charge is 0.326 e. The number of rotatable bonds is 3. The molecular weight excluding hydrogens is 326 g/mol. The molecule has 1 N–H and O–H groups in total. The van der Waals surface area contributed by atoms with E-state index in [1.165, 1.54) is 6.92 Å². The van der Waals surface area contributed by atoms with Gasteiger partial charge in [-0.05, 0) is 59.8 Å². The monoisotopic (exact) mass is 339 g/mol. The molecule has 2 aromatic rings. The van der Waals surface area contributed by atoms with Gasteiger partial charge in [0.2, 0.25) is 5.91 Å². The van der Waals surface area contributed by atoms with Gasteiger partial charge in [-0.1, -0.05) is 0 Å². The number of pyridine rings is 1. The SMILES string of the molecule is CC(=O)Nc1ccc(N2C(=O)S/C(=C\c3ccncc3)C2=O)cc1. The first kappa shape index (κ1) is 15.9. The maximum atomic E-state index is 12.5. The molecular formula is C17H13N3O3S. The van der Waals surface area contributed by atoms with Gasteiger partial charge in [0.05, 0.1) is 10.6 Å². The van der Waals surface area contributed by atoms with E-state index in [1.54, 1.807) is 54.9 Å². The molecule has 2 heterocycles. The molecule has 3 amide bonds. The Bertz CT molecular complexity index is 832. The van der Waals surface area contributed by atoms with Gasteiger partial charge >= 0.3 is 0 Å². The predicted octanol–water partition coefficient (Wildman–Crippen LogP) is 3.28. The van der Waals surface area contributed by atoms with Crippen molar-refractivity contribution in [2.75, 3.05) is 10.2 Å². The predicted molar refractivity (Wildman–Crippen MR) is 93.4 cm³/mol. The number of thioether (sulfide) groups is 1.